The second kappa shape index (κ2) is 4.55. The molecule has 1 aliphatic rings. The molecule has 2 rings (SSSR count). The number of aromatic hydroxyl groups is 1. The molecule has 1 fully saturated rings. The summed E-state index contributed by atoms with van der Waals surface area (Å²) in [4.78, 5) is 11.8. The first kappa shape index (κ1) is 12.2. The fourth-order valence-electron chi connectivity index (χ4n) is 1.62. The Labute approximate surface area is 104 Å². The molecule has 5 heteroatoms. The Morgan fingerprint density at radius 2 is 2.18 bits per heavy atom. The Morgan fingerprint density at radius 1 is 1.47 bits per heavy atom. The van der Waals surface area contributed by atoms with Crippen LogP contribution < -0.4 is 5.32 Å². The summed E-state index contributed by atoms with van der Waals surface area (Å²) in [6.45, 7) is 0.503. The van der Waals surface area contributed by atoms with Gasteiger partial charge in [-0.05, 0) is 31.0 Å². The topological polar surface area (TPSA) is 69.6 Å². The zero-order chi connectivity index (χ0) is 12.5. The number of carbonyl (C=O) groups is 1. The highest BCUT2D eigenvalue weighted by atomic mass is 35.5. The summed E-state index contributed by atoms with van der Waals surface area (Å²) in [5.74, 6) is -0.467. The van der Waals surface area contributed by atoms with E-state index < -0.39 is 0 Å². The maximum Gasteiger partial charge on any atom is 0.255 e. The number of nitrogens with one attached hydrogen (secondary N) is 1. The van der Waals surface area contributed by atoms with Crippen molar-refractivity contribution in [3.8, 4) is 5.75 Å². The van der Waals surface area contributed by atoms with Gasteiger partial charge in [0.1, 0.15) is 5.75 Å². The molecular formula is C12H14ClNO3. The molecule has 0 atom stereocenters. The number of rotatable bonds is 4. The molecule has 1 amide bonds. The smallest absolute Gasteiger partial charge is 0.255 e. The Balaban J connectivity index is 2.02. The average Bonchev–Trinajstić information content (AvgIpc) is 3.10. The number of aliphatic hydroxyl groups is 1. The van der Waals surface area contributed by atoms with E-state index in [0.717, 1.165) is 12.8 Å². The normalized spacial score (nSPS) is 16.6. The van der Waals surface area contributed by atoms with Crippen LogP contribution in [0.4, 0.5) is 0 Å². The van der Waals surface area contributed by atoms with Gasteiger partial charge in [0.05, 0.1) is 12.2 Å². The number of phenolic OH excluding ortho intramolecular Hbond substituents is 1. The fraction of sp³-hybridized carbons (Fsp3) is 0.417. The van der Waals surface area contributed by atoms with E-state index >= 15 is 0 Å². The number of hydrogen-bond donors (Lipinski definition) is 3. The van der Waals surface area contributed by atoms with Crippen LogP contribution in [-0.2, 0) is 0 Å². The van der Waals surface area contributed by atoms with Gasteiger partial charge < -0.3 is 15.5 Å². The number of carbonyl (C=O) groups excluding carboxylic acids is 1. The number of benzene rings is 1. The standard InChI is InChI=1S/C12H14ClNO3/c13-8-1-2-10(16)9(5-8)11(17)14-6-12(7-15)3-4-12/h1-2,5,15-16H,3-4,6-7H2,(H,14,17). The largest absolute Gasteiger partial charge is 0.507 e. The van der Waals surface area contributed by atoms with E-state index in [1.165, 1.54) is 18.2 Å². The molecule has 1 aromatic rings. The summed E-state index contributed by atoms with van der Waals surface area (Å²) in [5, 5.41) is 21.8. The van der Waals surface area contributed by atoms with Crippen molar-refractivity contribution in [2.75, 3.05) is 13.2 Å². The Bertz CT molecular complexity index is 443. The van der Waals surface area contributed by atoms with Crippen molar-refractivity contribution in [2.45, 2.75) is 12.8 Å². The molecule has 0 aliphatic heterocycles. The van der Waals surface area contributed by atoms with Gasteiger partial charge in [0.25, 0.3) is 5.91 Å². The van der Waals surface area contributed by atoms with Gasteiger partial charge in [0, 0.05) is 17.0 Å². The highest BCUT2D eigenvalue weighted by Gasteiger charge is 2.42. The zero-order valence-electron chi connectivity index (χ0n) is 9.24. The minimum Gasteiger partial charge on any atom is -0.507 e. The van der Waals surface area contributed by atoms with Crippen LogP contribution in [-0.4, -0.2) is 29.3 Å². The van der Waals surface area contributed by atoms with Crippen molar-refractivity contribution in [2.24, 2.45) is 5.41 Å². The van der Waals surface area contributed by atoms with Crippen LogP contribution in [0.2, 0.25) is 5.02 Å². The average molecular weight is 256 g/mol. The molecule has 1 aliphatic carbocycles. The lowest BCUT2D eigenvalue weighted by Crippen LogP contribution is -2.31. The van der Waals surface area contributed by atoms with Crippen molar-refractivity contribution in [3.05, 3.63) is 28.8 Å². The predicted molar refractivity (Wildman–Crippen MR) is 64.2 cm³/mol. The van der Waals surface area contributed by atoms with Gasteiger partial charge in [-0.2, -0.15) is 0 Å². The summed E-state index contributed by atoms with van der Waals surface area (Å²) in [6, 6.07) is 4.32. The highest BCUT2D eigenvalue weighted by molar-refractivity contribution is 6.31. The number of aliphatic hydroxyl groups excluding tert-OH is 1. The Kier molecular flexibility index (Phi) is 3.26. The first-order valence-electron chi connectivity index (χ1n) is 5.44. The first-order chi connectivity index (χ1) is 8.06. The summed E-state index contributed by atoms with van der Waals surface area (Å²) >= 11 is 5.76. The quantitative estimate of drug-likeness (QED) is 0.765. The third-order valence-corrected chi connectivity index (χ3v) is 3.35. The van der Waals surface area contributed by atoms with E-state index in [1.807, 2.05) is 0 Å². The molecule has 0 unspecified atom stereocenters. The monoisotopic (exact) mass is 255 g/mol. The maximum atomic E-state index is 11.8. The molecule has 1 saturated carbocycles. The van der Waals surface area contributed by atoms with E-state index in [1.54, 1.807) is 0 Å². The molecule has 92 valence electrons. The molecule has 3 N–H and O–H groups in total. The Hall–Kier alpha value is -1.26. The van der Waals surface area contributed by atoms with Crippen LogP contribution in [0, 0.1) is 5.41 Å². The number of amides is 1. The van der Waals surface area contributed by atoms with Crippen molar-refractivity contribution < 1.29 is 15.0 Å². The van der Waals surface area contributed by atoms with Crippen LogP contribution in [0.5, 0.6) is 5.75 Å². The van der Waals surface area contributed by atoms with Crippen LogP contribution in [0.1, 0.15) is 23.2 Å². The van der Waals surface area contributed by atoms with E-state index in [9.17, 15) is 9.90 Å². The lowest BCUT2D eigenvalue weighted by atomic mass is 10.1. The minimum absolute atomic E-state index is 0.0782. The van der Waals surface area contributed by atoms with Crippen molar-refractivity contribution in [1.29, 1.82) is 0 Å². The molecule has 0 heterocycles. The first-order valence-corrected chi connectivity index (χ1v) is 5.82. The maximum absolute atomic E-state index is 11.8. The van der Waals surface area contributed by atoms with Gasteiger partial charge in [0.15, 0.2) is 0 Å². The van der Waals surface area contributed by atoms with E-state index in [0.29, 0.717) is 11.6 Å². The van der Waals surface area contributed by atoms with Gasteiger partial charge in [-0.15, -0.1) is 0 Å². The summed E-state index contributed by atoms with van der Waals surface area (Å²) in [6.07, 6.45) is 1.84. The molecule has 0 aromatic heterocycles. The third-order valence-electron chi connectivity index (χ3n) is 3.12. The zero-order valence-corrected chi connectivity index (χ0v) is 10.00. The third kappa shape index (κ3) is 2.70. The van der Waals surface area contributed by atoms with E-state index in [-0.39, 0.29) is 29.2 Å². The van der Waals surface area contributed by atoms with E-state index in [4.69, 9.17) is 16.7 Å². The lowest BCUT2D eigenvalue weighted by Gasteiger charge is -2.13. The SMILES string of the molecule is O=C(NCC1(CO)CC1)c1cc(Cl)ccc1O. The summed E-state index contributed by atoms with van der Waals surface area (Å²) in [7, 11) is 0. The highest BCUT2D eigenvalue weighted by Crippen LogP contribution is 2.44. The lowest BCUT2D eigenvalue weighted by molar-refractivity contribution is 0.0932. The fourth-order valence-corrected chi connectivity index (χ4v) is 1.79. The molecule has 4 nitrogen and oxygen atoms in total. The minimum atomic E-state index is -0.371. The Morgan fingerprint density at radius 3 is 2.76 bits per heavy atom. The predicted octanol–water partition coefficient (Wildman–Crippen LogP) is 1.55. The van der Waals surface area contributed by atoms with Gasteiger partial charge in [-0.1, -0.05) is 11.6 Å². The van der Waals surface area contributed by atoms with E-state index in [2.05, 4.69) is 5.32 Å². The van der Waals surface area contributed by atoms with Gasteiger partial charge in [0.2, 0.25) is 0 Å². The molecule has 0 bridgehead atoms. The molecular weight excluding hydrogens is 242 g/mol. The summed E-state index contributed by atoms with van der Waals surface area (Å²) < 4.78 is 0. The molecule has 0 radical (unpaired) electrons. The van der Waals surface area contributed by atoms with Crippen molar-refractivity contribution in [1.82, 2.24) is 5.32 Å². The van der Waals surface area contributed by atoms with Crippen LogP contribution in [0.3, 0.4) is 0 Å². The number of phenols is 1. The second-order valence-corrected chi connectivity index (χ2v) is 4.94. The van der Waals surface area contributed by atoms with Crippen LogP contribution in [0.25, 0.3) is 0 Å². The molecule has 17 heavy (non-hydrogen) atoms. The van der Waals surface area contributed by atoms with Crippen LogP contribution in [0.15, 0.2) is 18.2 Å². The van der Waals surface area contributed by atoms with Gasteiger partial charge >= 0.3 is 0 Å². The number of hydrogen-bond acceptors (Lipinski definition) is 3. The van der Waals surface area contributed by atoms with Crippen molar-refractivity contribution >= 4 is 17.5 Å². The van der Waals surface area contributed by atoms with Gasteiger partial charge in [-0.3, -0.25) is 4.79 Å². The second-order valence-electron chi connectivity index (χ2n) is 4.50. The molecule has 1 aromatic carbocycles. The molecule has 0 spiro atoms. The summed E-state index contributed by atoms with van der Waals surface area (Å²) in [5.41, 5.74) is 0.00960. The van der Waals surface area contributed by atoms with Crippen LogP contribution >= 0.6 is 11.6 Å². The molecule has 0 saturated heterocycles. The number of halogens is 1. The van der Waals surface area contributed by atoms with Crippen molar-refractivity contribution in [3.63, 3.8) is 0 Å². The van der Waals surface area contributed by atoms with Gasteiger partial charge in [-0.25, -0.2) is 0 Å².